The Labute approximate surface area is 191 Å². The van der Waals surface area contributed by atoms with Gasteiger partial charge in [0.2, 0.25) is 10.0 Å². The molecule has 0 bridgehead atoms. The van der Waals surface area contributed by atoms with Crippen molar-refractivity contribution in [3.63, 3.8) is 0 Å². The van der Waals surface area contributed by atoms with E-state index in [0.29, 0.717) is 36.0 Å². The van der Waals surface area contributed by atoms with E-state index in [4.69, 9.17) is 4.74 Å². The SMILES string of the molecule is C=CCNc1nc(C(=O)OCC(=O)Nc2ccc(C)c(S(=O)(=O)N3CCCCC3)c2)cs1. The first kappa shape index (κ1) is 23.9. The fourth-order valence-corrected chi connectivity index (χ4v) is 5.67. The van der Waals surface area contributed by atoms with E-state index in [-0.39, 0.29) is 10.6 Å². The summed E-state index contributed by atoms with van der Waals surface area (Å²) in [6.45, 7) is 6.29. The van der Waals surface area contributed by atoms with Crippen molar-refractivity contribution < 1.29 is 22.7 Å². The minimum atomic E-state index is -3.64. The van der Waals surface area contributed by atoms with E-state index in [0.717, 1.165) is 19.3 Å². The average Bonchev–Trinajstić information content (AvgIpc) is 3.27. The van der Waals surface area contributed by atoms with Crippen LogP contribution in [0, 0.1) is 6.92 Å². The number of nitrogens with one attached hydrogen (secondary N) is 2. The Hall–Kier alpha value is -2.76. The van der Waals surface area contributed by atoms with Crippen LogP contribution in [0.5, 0.6) is 0 Å². The Morgan fingerprint density at radius 3 is 2.75 bits per heavy atom. The largest absolute Gasteiger partial charge is 0.451 e. The number of amides is 1. The third-order valence-electron chi connectivity index (χ3n) is 4.85. The summed E-state index contributed by atoms with van der Waals surface area (Å²) in [5, 5.41) is 7.62. The van der Waals surface area contributed by atoms with Gasteiger partial charge in [-0.2, -0.15) is 4.31 Å². The lowest BCUT2D eigenvalue weighted by molar-refractivity contribution is -0.119. The number of nitrogens with zero attached hydrogens (tertiary/aromatic N) is 2. The highest BCUT2D eigenvalue weighted by Gasteiger charge is 2.27. The zero-order valence-electron chi connectivity index (χ0n) is 17.8. The number of aromatic nitrogens is 1. The van der Waals surface area contributed by atoms with Gasteiger partial charge in [-0.25, -0.2) is 18.2 Å². The normalized spacial score (nSPS) is 14.5. The molecular formula is C21H26N4O5S2. The van der Waals surface area contributed by atoms with Crippen LogP contribution in [0.4, 0.5) is 10.8 Å². The molecular weight excluding hydrogens is 452 g/mol. The third kappa shape index (κ3) is 5.93. The fraction of sp³-hybridized carbons (Fsp3) is 0.381. The van der Waals surface area contributed by atoms with Crippen LogP contribution < -0.4 is 10.6 Å². The molecule has 2 aromatic rings. The van der Waals surface area contributed by atoms with Crippen molar-refractivity contribution in [3.8, 4) is 0 Å². The molecule has 32 heavy (non-hydrogen) atoms. The molecule has 1 aliphatic rings. The second kappa shape index (κ2) is 10.7. The number of sulfonamides is 1. The zero-order chi connectivity index (χ0) is 23.1. The summed E-state index contributed by atoms with van der Waals surface area (Å²) in [5.41, 5.74) is 1.01. The zero-order valence-corrected chi connectivity index (χ0v) is 19.4. The summed E-state index contributed by atoms with van der Waals surface area (Å²) in [6.07, 6.45) is 4.36. The molecule has 0 radical (unpaired) electrons. The molecule has 0 spiro atoms. The van der Waals surface area contributed by atoms with Gasteiger partial charge in [0.1, 0.15) is 0 Å². The average molecular weight is 479 g/mol. The second-order valence-corrected chi connectivity index (χ2v) is 10.0. The van der Waals surface area contributed by atoms with Crippen molar-refractivity contribution in [2.24, 2.45) is 0 Å². The number of rotatable bonds is 9. The van der Waals surface area contributed by atoms with Crippen LogP contribution in [-0.2, 0) is 19.6 Å². The number of anilines is 2. The first-order valence-electron chi connectivity index (χ1n) is 10.2. The Balaban J connectivity index is 1.60. The summed E-state index contributed by atoms with van der Waals surface area (Å²) < 4.78 is 32.5. The number of aryl methyl sites for hydroxylation is 1. The van der Waals surface area contributed by atoms with Crippen molar-refractivity contribution in [1.29, 1.82) is 0 Å². The summed E-state index contributed by atoms with van der Waals surface area (Å²) in [7, 11) is -3.64. The van der Waals surface area contributed by atoms with Crippen LogP contribution >= 0.6 is 11.3 Å². The lowest BCUT2D eigenvalue weighted by Gasteiger charge is -2.26. The third-order valence-corrected chi connectivity index (χ3v) is 7.69. The molecule has 0 unspecified atom stereocenters. The number of ether oxygens (including phenoxy) is 1. The van der Waals surface area contributed by atoms with Gasteiger partial charge in [0.15, 0.2) is 17.4 Å². The van der Waals surface area contributed by atoms with E-state index in [2.05, 4.69) is 22.2 Å². The molecule has 0 aliphatic carbocycles. The Morgan fingerprint density at radius 2 is 2.03 bits per heavy atom. The van der Waals surface area contributed by atoms with E-state index in [1.54, 1.807) is 25.1 Å². The molecule has 172 valence electrons. The highest BCUT2D eigenvalue weighted by atomic mass is 32.2. The van der Waals surface area contributed by atoms with Crippen molar-refractivity contribution in [3.05, 3.63) is 47.5 Å². The fourth-order valence-electron chi connectivity index (χ4n) is 3.21. The summed E-state index contributed by atoms with van der Waals surface area (Å²) in [6, 6.07) is 4.70. The van der Waals surface area contributed by atoms with Gasteiger partial charge in [-0.15, -0.1) is 17.9 Å². The molecule has 3 rings (SSSR count). The first-order valence-corrected chi connectivity index (χ1v) is 12.5. The van der Waals surface area contributed by atoms with Gasteiger partial charge in [-0.05, 0) is 37.5 Å². The molecule has 1 aromatic heterocycles. The van der Waals surface area contributed by atoms with Crippen molar-refractivity contribution in [2.45, 2.75) is 31.1 Å². The van der Waals surface area contributed by atoms with Gasteiger partial charge in [0.25, 0.3) is 5.91 Å². The number of hydrogen-bond donors (Lipinski definition) is 2. The van der Waals surface area contributed by atoms with Gasteiger partial charge in [-0.1, -0.05) is 18.6 Å². The summed E-state index contributed by atoms with van der Waals surface area (Å²) >= 11 is 1.24. The number of esters is 1. The number of hydrogen-bond acceptors (Lipinski definition) is 8. The Bertz CT molecular complexity index is 1090. The number of carbonyl (C=O) groups excluding carboxylic acids is 2. The minimum absolute atomic E-state index is 0.0969. The van der Waals surface area contributed by atoms with Crippen molar-refractivity contribution in [1.82, 2.24) is 9.29 Å². The molecule has 2 N–H and O–H groups in total. The molecule has 0 saturated carbocycles. The van der Waals surface area contributed by atoms with Crippen LogP contribution in [0.25, 0.3) is 0 Å². The quantitative estimate of drug-likeness (QED) is 0.420. The molecule has 1 saturated heterocycles. The molecule has 0 atom stereocenters. The molecule has 11 heteroatoms. The number of piperidine rings is 1. The maximum absolute atomic E-state index is 13.0. The minimum Gasteiger partial charge on any atom is -0.451 e. The monoisotopic (exact) mass is 478 g/mol. The van der Waals surface area contributed by atoms with Crippen LogP contribution in [0.2, 0.25) is 0 Å². The van der Waals surface area contributed by atoms with E-state index in [1.807, 2.05) is 0 Å². The topological polar surface area (TPSA) is 118 Å². The Kier molecular flexibility index (Phi) is 7.99. The standard InChI is InChI=1S/C21H26N4O5S2/c1-3-9-22-21-24-17(14-31-21)20(27)30-13-19(26)23-16-8-7-15(2)18(12-16)32(28,29)25-10-5-4-6-11-25/h3,7-8,12,14H,1,4-6,9-11,13H2,2H3,(H,22,24)(H,23,26). The predicted molar refractivity (Wildman–Crippen MR) is 124 cm³/mol. The maximum Gasteiger partial charge on any atom is 0.358 e. The van der Waals surface area contributed by atoms with Gasteiger partial charge >= 0.3 is 5.97 Å². The highest BCUT2D eigenvalue weighted by molar-refractivity contribution is 7.89. The molecule has 1 fully saturated rings. The molecule has 9 nitrogen and oxygen atoms in total. The molecule has 1 aromatic carbocycles. The van der Waals surface area contributed by atoms with Crippen LogP contribution in [0.3, 0.4) is 0 Å². The predicted octanol–water partition coefficient (Wildman–Crippen LogP) is 3.02. The number of benzene rings is 1. The van der Waals surface area contributed by atoms with Crippen molar-refractivity contribution >= 4 is 44.1 Å². The van der Waals surface area contributed by atoms with Gasteiger partial charge < -0.3 is 15.4 Å². The van der Waals surface area contributed by atoms with E-state index < -0.39 is 28.5 Å². The summed E-state index contributed by atoms with van der Waals surface area (Å²) in [4.78, 5) is 28.6. The van der Waals surface area contributed by atoms with E-state index in [1.165, 1.54) is 27.1 Å². The maximum atomic E-state index is 13.0. The van der Waals surface area contributed by atoms with Gasteiger partial charge in [-0.3, -0.25) is 4.79 Å². The molecule has 2 heterocycles. The number of carbonyl (C=O) groups is 2. The molecule has 1 amide bonds. The lowest BCUT2D eigenvalue weighted by atomic mass is 10.2. The number of thiazole rings is 1. The van der Waals surface area contributed by atoms with Gasteiger partial charge in [0.05, 0.1) is 4.90 Å². The van der Waals surface area contributed by atoms with Gasteiger partial charge in [0, 0.05) is 30.7 Å². The second-order valence-electron chi connectivity index (χ2n) is 7.28. The molecule has 1 aliphatic heterocycles. The lowest BCUT2D eigenvalue weighted by Crippen LogP contribution is -2.36. The Morgan fingerprint density at radius 1 is 1.28 bits per heavy atom. The van der Waals surface area contributed by atoms with E-state index >= 15 is 0 Å². The van der Waals surface area contributed by atoms with E-state index in [9.17, 15) is 18.0 Å². The first-order chi connectivity index (χ1) is 15.3. The summed E-state index contributed by atoms with van der Waals surface area (Å²) in [5.74, 6) is -1.30. The van der Waals surface area contributed by atoms with Crippen LogP contribution in [-0.4, -0.2) is 55.8 Å². The van der Waals surface area contributed by atoms with Crippen molar-refractivity contribution in [2.75, 3.05) is 36.9 Å². The van der Waals surface area contributed by atoms with Crippen LogP contribution in [0.1, 0.15) is 35.3 Å². The smallest absolute Gasteiger partial charge is 0.358 e. The van der Waals surface area contributed by atoms with Crippen LogP contribution in [0.15, 0.2) is 41.1 Å². The highest BCUT2D eigenvalue weighted by Crippen LogP contribution is 2.26.